The zero-order valence-electron chi connectivity index (χ0n) is 18.4. The number of hydrogen-bond donors (Lipinski definition) is 1. The predicted octanol–water partition coefficient (Wildman–Crippen LogP) is 5.98. The molecule has 0 aliphatic carbocycles. The van der Waals surface area contributed by atoms with Crippen molar-refractivity contribution in [1.82, 2.24) is 14.9 Å². The first-order valence-corrected chi connectivity index (χ1v) is 11.0. The molecule has 33 heavy (non-hydrogen) atoms. The summed E-state index contributed by atoms with van der Waals surface area (Å²) in [4.78, 5) is 13.1. The van der Waals surface area contributed by atoms with Crippen molar-refractivity contribution >= 4 is 34.8 Å². The Labute approximate surface area is 201 Å². The number of amides is 1. The average molecular weight is 485 g/mol. The van der Waals surface area contributed by atoms with Gasteiger partial charge >= 0.3 is 0 Å². The van der Waals surface area contributed by atoms with Gasteiger partial charge in [0.1, 0.15) is 18.1 Å². The number of benzene rings is 2. The first kappa shape index (κ1) is 22.9. The van der Waals surface area contributed by atoms with Gasteiger partial charge in [-0.3, -0.25) is 9.48 Å². The van der Waals surface area contributed by atoms with Crippen molar-refractivity contribution in [1.29, 1.82) is 0 Å². The van der Waals surface area contributed by atoms with Crippen LogP contribution in [0.3, 0.4) is 0 Å². The number of aromatic nitrogens is 3. The third-order valence-corrected chi connectivity index (χ3v) is 6.02. The molecular weight excluding hydrogens is 463 g/mol. The molecule has 0 unspecified atom stereocenters. The second kappa shape index (κ2) is 9.68. The Morgan fingerprint density at radius 1 is 1.03 bits per heavy atom. The zero-order chi connectivity index (χ0) is 23.5. The van der Waals surface area contributed by atoms with E-state index >= 15 is 0 Å². The van der Waals surface area contributed by atoms with Crippen LogP contribution in [-0.4, -0.2) is 20.8 Å². The summed E-state index contributed by atoms with van der Waals surface area (Å²) < 4.78 is 12.8. The van der Waals surface area contributed by atoms with Gasteiger partial charge in [0.15, 0.2) is 5.69 Å². The van der Waals surface area contributed by atoms with Crippen LogP contribution in [0.4, 0.5) is 5.69 Å². The van der Waals surface area contributed by atoms with Crippen LogP contribution in [-0.2, 0) is 13.2 Å². The highest BCUT2D eigenvalue weighted by molar-refractivity contribution is 6.36. The maximum Gasteiger partial charge on any atom is 0.278 e. The molecule has 0 aliphatic rings. The van der Waals surface area contributed by atoms with Crippen LogP contribution in [0.15, 0.2) is 53.1 Å². The van der Waals surface area contributed by atoms with Gasteiger partial charge in [0.25, 0.3) is 5.91 Å². The number of nitrogens with one attached hydrogen (secondary N) is 1. The quantitative estimate of drug-likeness (QED) is 0.348. The number of anilines is 1. The summed E-state index contributed by atoms with van der Waals surface area (Å²) >= 11 is 12.6. The van der Waals surface area contributed by atoms with Crippen molar-refractivity contribution in [2.75, 3.05) is 5.32 Å². The van der Waals surface area contributed by atoms with Crippen LogP contribution in [0.1, 0.15) is 38.8 Å². The van der Waals surface area contributed by atoms with Crippen molar-refractivity contribution in [2.24, 2.45) is 0 Å². The van der Waals surface area contributed by atoms with Gasteiger partial charge in [0, 0.05) is 15.6 Å². The van der Waals surface area contributed by atoms with E-state index < -0.39 is 5.91 Å². The third kappa shape index (κ3) is 4.89. The van der Waals surface area contributed by atoms with Gasteiger partial charge in [0.2, 0.25) is 0 Å². The molecule has 2 aromatic carbocycles. The molecule has 2 aromatic heterocycles. The number of aryl methyl sites for hydroxylation is 2. The van der Waals surface area contributed by atoms with Crippen LogP contribution in [0.25, 0.3) is 0 Å². The Bertz CT molecular complexity index is 1280. The second-order valence-corrected chi connectivity index (χ2v) is 8.34. The maximum atomic E-state index is 13.1. The summed E-state index contributed by atoms with van der Waals surface area (Å²) in [6.45, 7) is 5.97. The lowest BCUT2D eigenvalue weighted by Crippen LogP contribution is -2.16. The summed E-state index contributed by atoms with van der Waals surface area (Å²) in [5.41, 5.74) is 3.53. The fourth-order valence-electron chi connectivity index (χ4n) is 3.45. The lowest BCUT2D eigenvalue weighted by atomic mass is 10.2. The van der Waals surface area contributed by atoms with E-state index in [1.807, 2.05) is 44.2 Å². The van der Waals surface area contributed by atoms with E-state index in [0.717, 1.165) is 11.3 Å². The average Bonchev–Trinajstić information content (AvgIpc) is 3.29. The minimum absolute atomic E-state index is 0.157. The number of ether oxygens (including phenoxy) is 1. The van der Waals surface area contributed by atoms with E-state index in [-0.39, 0.29) is 12.3 Å². The molecule has 0 spiro atoms. The van der Waals surface area contributed by atoms with Crippen molar-refractivity contribution in [3.05, 3.63) is 92.5 Å². The smallest absolute Gasteiger partial charge is 0.278 e. The fourth-order valence-corrected chi connectivity index (χ4v) is 3.97. The number of carbonyl (C=O) groups excluding carboxylic acids is 1. The molecule has 0 saturated heterocycles. The second-order valence-electron chi connectivity index (χ2n) is 7.53. The van der Waals surface area contributed by atoms with E-state index in [4.69, 9.17) is 32.5 Å². The highest BCUT2D eigenvalue weighted by Crippen LogP contribution is 2.28. The molecule has 0 fully saturated rings. The molecule has 1 N–H and O–H groups in total. The molecule has 0 atom stereocenters. The normalized spacial score (nSPS) is 10.9. The van der Waals surface area contributed by atoms with Gasteiger partial charge < -0.3 is 14.6 Å². The van der Waals surface area contributed by atoms with Crippen molar-refractivity contribution in [2.45, 2.75) is 33.9 Å². The van der Waals surface area contributed by atoms with E-state index in [2.05, 4.69) is 15.6 Å². The van der Waals surface area contributed by atoms with Crippen LogP contribution in [0, 0.1) is 20.8 Å². The van der Waals surface area contributed by atoms with E-state index in [1.165, 1.54) is 0 Å². The van der Waals surface area contributed by atoms with E-state index in [1.54, 1.807) is 29.8 Å². The van der Waals surface area contributed by atoms with E-state index in [9.17, 15) is 4.79 Å². The number of rotatable bonds is 7. The van der Waals surface area contributed by atoms with Crippen LogP contribution in [0.2, 0.25) is 10.0 Å². The van der Waals surface area contributed by atoms with Crippen LogP contribution >= 0.6 is 23.2 Å². The van der Waals surface area contributed by atoms with Gasteiger partial charge in [-0.05, 0) is 45.0 Å². The number of hydrogen-bond acceptors (Lipinski definition) is 5. The molecule has 4 aromatic rings. The first-order valence-electron chi connectivity index (χ1n) is 10.3. The summed E-state index contributed by atoms with van der Waals surface area (Å²) in [6, 6.07) is 14.7. The Hall–Kier alpha value is -3.29. The standard InChI is InChI=1S/C24H22Cl2N4O3/c1-14-22(15(2)30(28-14)12-18-20(25)10-7-11-21(18)26)27-24(31)23-19(16(3)33-29-23)13-32-17-8-5-4-6-9-17/h4-11H,12-13H2,1-3H3,(H,27,31). The predicted molar refractivity (Wildman–Crippen MR) is 127 cm³/mol. The third-order valence-electron chi connectivity index (χ3n) is 5.32. The minimum atomic E-state index is -0.403. The summed E-state index contributed by atoms with van der Waals surface area (Å²) in [7, 11) is 0. The summed E-state index contributed by atoms with van der Waals surface area (Å²) in [5, 5.41) is 12.5. The number of halogens is 2. The molecule has 0 aliphatic heterocycles. The van der Waals surface area contributed by atoms with Crippen molar-refractivity contribution in [3.8, 4) is 5.75 Å². The molecule has 2 heterocycles. The summed E-state index contributed by atoms with van der Waals surface area (Å²) in [5.74, 6) is 0.810. The lowest BCUT2D eigenvalue weighted by Gasteiger charge is -2.10. The Balaban J connectivity index is 1.54. The number of para-hydroxylation sites is 1. The Morgan fingerprint density at radius 3 is 2.42 bits per heavy atom. The number of carbonyl (C=O) groups is 1. The molecule has 0 radical (unpaired) electrons. The van der Waals surface area contributed by atoms with Gasteiger partial charge in [-0.1, -0.05) is 52.6 Å². The molecule has 0 bridgehead atoms. The minimum Gasteiger partial charge on any atom is -0.489 e. The number of nitrogens with zero attached hydrogens (tertiary/aromatic N) is 3. The first-order chi connectivity index (χ1) is 15.8. The highest BCUT2D eigenvalue weighted by Gasteiger charge is 2.23. The lowest BCUT2D eigenvalue weighted by molar-refractivity contribution is 0.101. The maximum absolute atomic E-state index is 13.1. The van der Waals surface area contributed by atoms with Gasteiger partial charge in [-0.25, -0.2) is 0 Å². The van der Waals surface area contributed by atoms with Crippen molar-refractivity contribution < 1.29 is 14.1 Å². The topological polar surface area (TPSA) is 82.2 Å². The van der Waals surface area contributed by atoms with Crippen LogP contribution in [0.5, 0.6) is 5.75 Å². The molecule has 1 amide bonds. The van der Waals surface area contributed by atoms with Gasteiger partial charge in [-0.15, -0.1) is 0 Å². The van der Waals surface area contributed by atoms with Crippen molar-refractivity contribution in [3.63, 3.8) is 0 Å². The molecule has 0 saturated carbocycles. The Kier molecular flexibility index (Phi) is 6.72. The summed E-state index contributed by atoms with van der Waals surface area (Å²) in [6.07, 6.45) is 0. The molecule has 7 nitrogen and oxygen atoms in total. The Morgan fingerprint density at radius 2 is 1.73 bits per heavy atom. The zero-order valence-corrected chi connectivity index (χ0v) is 19.9. The fraction of sp³-hybridized carbons (Fsp3) is 0.208. The molecule has 9 heteroatoms. The highest BCUT2D eigenvalue weighted by atomic mass is 35.5. The molecule has 4 rings (SSSR count). The van der Waals surface area contributed by atoms with Crippen LogP contribution < -0.4 is 10.1 Å². The SMILES string of the molecule is Cc1nn(Cc2c(Cl)cccc2Cl)c(C)c1NC(=O)c1noc(C)c1COc1ccccc1. The largest absolute Gasteiger partial charge is 0.489 e. The van der Waals surface area contributed by atoms with Gasteiger partial charge in [-0.2, -0.15) is 5.10 Å². The van der Waals surface area contributed by atoms with Gasteiger partial charge in [0.05, 0.1) is 29.2 Å². The van der Waals surface area contributed by atoms with E-state index in [0.29, 0.717) is 45.0 Å². The monoisotopic (exact) mass is 484 g/mol. The molecular formula is C24H22Cl2N4O3. The molecule has 170 valence electrons.